The molecule has 138 valence electrons. The first-order valence-corrected chi connectivity index (χ1v) is 8.25. The van der Waals surface area contributed by atoms with Crippen molar-refractivity contribution in [3.05, 3.63) is 12.2 Å². The molecule has 3 aliphatic rings. The number of fused-ring (bicyclic) bond motifs is 5. The van der Waals surface area contributed by atoms with E-state index in [1.54, 1.807) is 14.1 Å². The third kappa shape index (κ3) is 3.65. The van der Waals surface area contributed by atoms with Crippen LogP contribution in [0.1, 0.15) is 6.42 Å². The number of allylic oxidation sites excluding steroid dienone is 2. The first-order valence-electron chi connectivity index (χ1n) is 8.25. The molecule has 9 heteroatoms. The highest BCUT2D eigenvalue weighted by Crippen LogP contribution is 2.52. The number of aliphatic imine (C=N–C) groups is 1. The van der Waals surface area contributed by atoms with Gasteiger partial charge in [0, 0.05) is 27.2 Å². The number of carbonyl (C=O) groups excluding carboxylic acids is 3. The van der Waals surface area contributed by atoms with Gasteiger partial charge in [0.15, 0.2) is 5.96 Å². The smallest absolute Gasteiger partial charge is 0.239 e. The highest BCUT2D eigenvalue weighted by molar-refractivity contribution is 14.0. The number of imide groups is 1. The standard InChI is InChI=1S/C16H23N5O3.HI/c1-17-11(22)8-20-16(18-2)19-5-6-21-14(23)12-9-3-4-10(7-9)13(12)15(21)24;/h3-4,9-10,12-13H,5-8H2,1-2H3,(H,17,22)(H2,18,19,20);1H. The zero-order valence-corrected chi connectivity index (χ0v) is 16.7. The van der Waals surface area contributed by atoms with Crippen LogP contribution >= 0.6 is 24.0 Å². The number of guanidine groups is 1. The molecule has 3 rings (SSSR count). The van der Waals surface area contributed by atoms with E-state index in [1.807, 2.05) is 0 Å². The summed E-state index contributed by atoms with van der Waals surface area (Å²) >= 11 is 0. The van der Waals surface area contributed by atoms with Gasteiger partial charge >= 0.3 is 0 Å². The third-order valence-corrected chi connectivity index (χ3v) is 5.11. The highest BCUT2D eigenvalue weighted by Gasteiger charge is 2.58. The van der Waals surface area contributed by atoms with Crippen LogP contribution in [0.3, 0.4) is 0 Å². The molecule has 1 saturated carbocycles. The molecule has 8 nitrogen and oxygen atoms in total. The van der Waals surface area contributed by atoms with Crippen LogP contribution in [0.25, 0.3) is 0 Å². The topological polar surface area (TPSA) is 103 Å². The van der Waals surface area contributed by atoms with E-state index in [2.05, 4.69) is 33.1 Å². The van der Waals surface area contributed by atoms with Gasteiger partial charge in [-0.1, -0.05) is 12.2 Å². The minimum Gasteiger partial charge on any atom is -0.358 e. The van der Waals surface area contributed by atoms with E-state index in [1.165, 1.54) is 4.90 Å². The molecule has 1 heterocycles. The Morgan fingerprint density at radius 2 is 1.80 bits per heavy atom. The third-order valence-electron chi connectivity index (χ3n) is 5.11. The second-order valence-corrected chi connectivity index (χ2v) is 6.35. The summed E-state index contributed by atoms with van der Waals surface area (Å²) in [5.41, 5.74) is 0. The molecule has 0 radical (unpaired) electrons. The van der Waals surface area contributed by atoms with Gasteiger partial charge < -0.3 is 16.0 Å². The molecule has 0 aromatic carbocycles. The minimum atomic E-state index is -0.154. The number of likely N-dealkylation sites (N-methyl/N-ethyl adjacent to an activating group) is 1. The summed E-state index contributed by atoms with van der Waals surface area (Å²) in [4.78, 5) is 41.7. The lowest BCUT2D eigenvalue weighted by Gasteiger charge is -2.18. The number of nitrogens with one attached hydrogen (secondary N) is 3. The lowest BCUT2D eigenvalue weighted by Crippen LogP contribution is -2.46. The molecular formula is C16H24IN5O3. The maximum Gasteiger partial charge on any atom is 0.239 e. The van der Waals surface area contributed by atoms with Gasteiger partial charge in [0.25, 0.3) is 0 Å². The van der Waals surface area contributed by atoms with Crippen LogP contribution in [0, 0.1) is 23.7 Å². The Bertz CT molecular complexity index is 591. The number of hydrogen-bond donors (Lipinski definition) is 3. The molecule has 1 aliphatic heterocycles. The Labute approximate surface area is 163 Å². The number of carbonyl (C=O) groups is 3. The molecule has 2 fully saturated rings. The van der Waals surface area contributed by atoms with E-state index >= 15 is 0 Å². The molecule has 3 amide bonds. The van der Waals surface area contributed by atoms with Gasteiger partial charge in [0.05, 0.1) is 18.4 Å². The van der Waals surface area contributed by atoms with Gasteiger partial charge in [0.1, 0.15) is 0 Å². The Morgan fingerprint density at radius 1 is 1.20 bits per heavy atom. The van der Waals surface area contributed by atoms with Crippen LogP contribution in [0.4, 0.5) is 0 Å². The Hall–Kier alpha value is -1.65. The predicted molar refractivity (Wildman–Crippen MR) is 103 cm³/mol. The quantitative estimate of drug-likeness (QED) is 0.166. The zero-order chi connectivity index (χ0) is 17.3. The van der Waals surface area contributed by atoms with Gasteiger partial charge in [-0.25, -0.2) is 0 Å². The van der Waals surface area contributed by atoms with Gasteiger partial charge in [-0.05, 0) is 18.3 Å². The summed E-state index contributed by atoms with van der Waals surface area (Å²) in [5.74, 6) is 0.372. The average Bonchev–Trinajstić information content (AvgIpc) is 3.26. The van der Waals surface area contributed by atoms with Crippen molar-refractivity contribution >= 4 is 47.7 Å². The van der Waals surface area contributed by atoms with Crippen LogP contribution in [-0.2, 0) is 14.4 Å². The van der Waals surface area contributed by atoms with Gasteiger partial charge in [-0.3, -0.25) is 24.3 Å². The number of amides is 3. The van der Waals surface area contributed by atoms with E-state index in [-0.39, 0.29) is 71.9 Å². The lowest BCUT2D eigenvalue weighted by atomic mass is 9.85. The van der Waals surface area contributed by atoms with Crippen LogP contribution in [0.15, 0.2) is 17.1 Å². The molecule has 0 aromatic heterocycles. The second kappa shape index (κ2) is 8.15. The van der Waals surface area contributed by atoms with Gasteiger partial charge in [0.2, 0.25) is 17.7 Å². The average molecular weight is 461 g/mol. The normalized spacial score (nSPS) is 29.5. The Balaban J connectivity index is 0.00000225. The maximum absolute atomic E-state index is 12.5. The number of hydrogen-bond acceptors (Lipinski definition) is 4. The summed E-state index contributed by atoms with van der Waals surface area (Å²) in [6.07, 6.45) is 5.11. The summed E-state index contributed by atoms with van der Waals surface area (Å²) in [7, 11) is 3.16. The monoisotopic (exact) mass is 461 g/mol. The molecule has 1 saturated heterocycles. The van der Waals surface area contributed by atoms with Crippen LogP contribution in [0.2, 0.25) is 0 Å². The van der Waals surface area contributed by atoms with E-state index < -0.39 is 0 Å². The van der Waals surface area contributed by atoms with Crippen molar-refractivity contribution in [3.8, 4) is 0 Å². The van der Waals surface area contributed by atoms with Crippen molar-refractivity contribution in [2.45, 2.75) is 6.42 Å². The summed E-state index contributed by atoms with van der Waals surface area (Å²) in [5, 5.41) is 8.38. The number of likely N-dealkylation sites (tertiary alicyclic amines) is 1. The molecule has 2 aliphatic carbocycles. The van der Waals surface area contributed by atoms with Crippen LogP contribution < -0.4 is 16.0 Å². The fraction of sp³-hybridized carbons (Fsp3) is 0.625. The molecule has 25 heavy (non-hydrogen) atoms. The van der Waals surface area contributed by atoms with E-state index in [4.69, 9.17) is 0 Å². The maximum atomic E-state index is 12.5. The first-order chi connectivity index (χ1) is 11.6. The van der Waals surface area contributed by atoms with Crippen molar-refractivity contribution in [3.63, 3.8) is 0 Å². The highest BCUT2D eigenvalue weighted by atomic mass is 127. The van der Waals surface area contributed by atoms with Crippen molar-refractivity contribution in [1.82, 2.24) is 20.9 Å². The second-order valence-electron chi connectivity index (χ2n) is 6.35. The van der Waals surface area contributed by atoms with E-state index in [0.717, 1.165) is 6.42 Å². The fourth-order valence-electron chi connectivity index (χ4n) is 3.94. The number of rotatable bonds is 5. The van der Waals surface area contributed by atoms with Crippen LogP contribution in [-0.4, -0.2) is 62.3 Å². The SMILES string of the molecule is CN=C(NCCN1C(=O)C2C3C=CC(C3)C2C1=O)NCC(=O)NC.I. The molecule has 3 N–H and O–H groups in total. The minimum absolute atomic E-state index is 0. The van der Waals surface area contributed by atoms with E-state index in [9.17, 15) is 14.4 Å². The number of nitrogens with zero attached hydrogens (tertiary/aromatic N) is 2. The Morgan fingerprint density at radius 3 is 2.32 bits per heavy atom. The molecular weight excluding hydrogens is 437 g/mol. The molecule has 4 atom stereocenters. The molecule has 0 aromatic rings. The van der Waals surface area contributed by atoms with Gasteiger partial charge in [-0.15, -0.1) is 24.0 Å². The predicted octanol–water partition coefficient (Wildman–Crippen LogP) is -0.677. The first kappa shape index (κ1) is 19.7. The van der Waals surface area contributed by atoms with E-state index in [0.29, 0.717) is 19.0 Å². The van der Waals surface area contributed by atoms with Crippen LogP contribution in [0.5, 0.6) is 0 Å². The van der Waals surface area contributed by atoms with Crippen molar-refractivity contribution in [2.75, 3.05) is 33.7 Å². The summed E-state index contributed by atoms with van der Waals surface area (Å²) in [6, 6.07) is 0. The Kier molecular flexibility index (Phi) is 6.42. The molecule has 2 bridgehead atoms. The lowest BCUT2D eigenvalue weighted by molar-refractivity contribution is -0.140. The molecule has 0 spiro atoms. The van der Waals surface area contributed by atoms with Gasteiger partial charge in [-0.2, -0.15) is 0 Å². The van der Waals surface area contributed by atoms with Crippen molar-refractivity contribution in [2.24, 2.45) is 28.7 Å². The largest absolute Gasteiger partial charge is 0.358 e. The zero-order valence-electron chi connectivity index (χ0n) is 14.3. The van der Waals surface area contributed by atoms with Crippen molar-refractivity contribution in [1.29, 1.82) is 0 Å². The van der Waals surface area contributed by atoms with Crippen molar-refractivity contribution < 1.29 is 14.4 Å². The number of halogens is 1. The summed E-state index contributed by atoms with van der Waals surface area (Å²) in [6.45, 7) is 0.814. The molecule has 4 unspecified atom stereocenters. The fourth-order valence-corrected chi connectivity index (χ4v) is 3.94. The summed E-state index contributed by atoms with van der Waals surface area (Å²) < 4.78 is 0.